The largest absolute Gasteiger partial charge is 0.309 e. The standard InChI is InChI=1S/C10H22N2O2S/c1-4-15(13,14)8-9(2)11-10-5-6-12(3)7-10/h9-11H,4-8H2,1-3H3. The van der Waals surface area contributed by atoms with E-state index in [1.54, 1.807) is 6.92 Å². The number of rotatable bonds is 5. The fraction of sp³-hybridized carbons (Fsp3) is 1.00. The van der Waals surface area contributed by atoms with E-state index < -0.39 is 9.84 Å². The summed E-state index contributed by atoms with van der Waals surface area (Å²) < 4.78 is 22.8. The molecule has 0 amide bonds. The van der Waals surface area contributed by atoms with Crippen molar-refractivity contribution in [3.05, 3.63) is 0 Å². The van der Waals surface area contributed by atoms with Crippen LogP contribution in [-0.4, -0.2) is 57.0 Å². The van der Waals surface area contributed by atoms with Crippen molar-refractivity contribution < 1.29 is 8.42 Å². The van der Waals surface area contributed by atoms with Gasteiger partial charge in [0.15, 0.2) is 9.84 Å². The van der Waals surface area contributed by atoms with Crippen LogP contribution < -0.4 is 5.32 Å². The number of hydrogen-bond acceptors (Lipinski definition) is 4. The second-order valence-electron chi connectivity index (χ2n) is 4.51. The molecule has 1 rings (SSSR count). The molecule has 0 aromatic heterocycles. The van der Waals surface area contributed by atoms with Crippen LogP contribution in [0.25, 0.3) is 0 Å². The van der Waals surface area contributed by atoms with Crippen LogP contribution in [0.15, 0.2) is 0 Å². The summed E-state index contributed by atoms with van der Waals surface area (Å²) in [6.45, 7) is 5.78. The van der Waals surface area contributed by atoms with E-state index in [0.29, 0.717) is 6.04 Å². The van der Waals surface area contributed by atoms with Gasteiger partial charge < -0.3 is 10.2 Å². The Morgan fingerprint density at radius 2 is 2.20 bits per heavy atom. The Morgan fingerprint density at radius 1 is 1.53 bits per heavy atom. The summed E-state index contributed by atoms with van der Waals surface area (Å²) >= 11 is 0. The van der Waals surface area contributed by atoms with Gasteiger partial charge in [0.25, 0.3) is 0 Å². The van der Waals surface area contributed by atoms with Crippen LogP contribution in [0, 0.1) is 0 Å². The third-order valence-corrected chi connectivity index (χ3v) is 4.74. The first-order chi connectivity index (χ1) is 6.93. The van der Waals surface area contributed by atoms with Crippen molar-refractivity contribution in [1.29, 1.82) is 0 Å². The minimum atomic E-state index is -2.85. The topological polar surface area (TPSA) is 49.4 Å². The predicted octanol–water partition coefficient (Wildman–Crippen LogP) is 0.103. The van der Waals surface area contributed by atoms with E-state index in [4.69, 9.17) is 0 Å². The van der Waals surface area contributed by atoms with Crippen LogP contribution in [0.1, 0.15) is 20.3 Å². The lowest BCUT2D eigenvalue weighted by atomic mass is 10.2. The second-order valence-corrected chi connectivity index (χ2v) is 6.91. The fourth-order valence-corrected chi connectivity index (χ4v) is 3.11. The van der Waals surface area contributed by atoms with E-state index in [1.165, 1.54) is 0 Å². The number of sulfone groups is 1. The van der Waals surface area contributed by atoms with Gasteiger partial charge in [-0.1, -0.05) is 6.92 Å². The number of nitrogens with one attached hydrogen (secondary N) is 1. The lowest BCUT2D eigenvalue weighted by Crippen LogP contribution is -2.41. The van der Waals surface area contributed by atoms with Gasteiger partial charge in [0.05, 0.1) is 5.75 Å². The van der Waals surface area contributed by atoms with Gasteiger partial charge in [0, 0.05) is 24.4 Å². The molecule has 1 saturated heterocycles. The molecule has 0 bridgehead atoms. The van der Waals surface area contributed by atoms with E-state index in [1.807, 2.05) is 6.92 Å². The van der Waals surface area contributed by atoms with E-state index in [-0.39, 0.29) is 17.5 Å². The first kappa shape index (κ1) is 12.9. The maximum absolute atomic E-state index is 11.4. The lowest BCUT2D eigenvalue weighted by molar-refractivity contribution is 0.389. The minimum Gasteiger partial charge on any atom is -0.309 e. The first-order valence-electron chi connectivity index (χ1n) is 5.58. The normalized spacial score (nSPS) is 25.7. The Labute approximate surface area is 93.0 Å². The molecule has 1 aliphatic rings. The highest BCUT2D eigenvalue weighted by Crippen LogP contribution is 2.07. The summed E-state index contributed by atoms with van der Waals surface area (Å²) in [4.78, 5) is 2.26. The Morgan fingerprint density at radius 3 is 2.67 bits per heavy atom. The van der Waals surface area contributed by atoms with Crippen molar-refractivity contribution in [2.75, 3.05) is 31.6 Å². The molecule has 15 heavy (non-hydrogen) atoms. The molecule has 0 aromatic rings. The zero-order valence-electron chi connectivity index (χ0n) is 9.86. The van der Waals surface area contributed by atoms with Gasteiger partial charge in [0.2, 0.25) is 0 Å². The quantitative estimate of drug-likeness (QED) is 0.733. The smallest absolute Gasteiger partial charge is 0.151 e. The second kappa shape index (κ2) is 5.27. The van der Waals surface area contributed by atoms with Gasteiger partial charge in [-0.25, -0.2) is 8.42 Å². The van der Waals surface area contributed by atoms with Crippen LogP contribution >= 0.6 is 0 Å². The van der Waals surface area contributed by atoms with Crippen LogP contribution in [0.4, 0.5) is 0 Å². The molecule has 0 radical (unpaired) electrons. The summed E-state index contributed by atoms with van der Waals surface area (Å²) in [5.74, 6) is 0.493. The average molecular weight is 234 g/mol. The van der Waals surface area contributed by atoms with Gasteiger partial charge in [-0.15, -0.1) is 0 Å². The van der Waals surface area contributed by atoms with Crippen molar-refractivity contribution in [2.45, 2.75) is 32.4 Å². The molecule has 1 aliphatic heterocycles. The highest BCUT2D eigenvalue weighted by molar-refractivity contribution is 7.91. The Hall–Kier alpha value is -0.130. The first-order valence-corrected chi connectivity index (χ1v) is 7.40. The molecule has 1 heterocycles. The summed E-state index contributed by atoms with van der Waals surface area (Å²) in [6.07, 6.45) is 1.12. The van der Waals surface area contributed by atoms with E-state index >= 15 is 0 Å². The zero-order chi connectivity index (χ0) is 11.5. The number of likely N-dealkylation sites (N-methyl/N-ethyl adjacent to an activating group) is 1. The number of hydrogen-bond donors (Lipinski definition) is 1. The molecule has 2 unspecified atom stereocenters. The van der Waals surface area contributed by atoms with Crippen molar-refractivity contribution in [3.63, 3.8) is 0 Å². The highest BCUT2D eigenvalue weighted by atomic mass is 32.2. The summed E-state index contributed by atoms with van der Waals surface area (Å²) in [7, 11) is -0.758. The fourth-order valence-electron chi connectivity index (χ4n) is 2.02. The van der Waals surface area contributed by atoms with E-state index in [2.05, 4.69) is 17.3 Å². The van der Waals surface area contributed by atoms with Gasteiger partial charge in [0.1, 0.15) is 0 Å². The average Bonchev–Trinajstić information content (AvgIpc) is 2.50. The summed E-state index contributed by atoms with van der Waals surface area (Å²) in [5, 5.41) is 3.38. The summed E-state index contributed by atoms with van der Waals surface area (Å²) in [6, 6.07) is 0.517. The molecular weight excluding hydrogens is 212 g/mol. The third kappa shape index (κ3) is 4.49. The lowest BCUT2D eigenvalue weighted by Gasteiger charge is -2.19. The number of likely N-dealkylation sites (tertiary alicyclic amines) is 1. The maximum Gasteiger partial charge on any atom is 0.151 e. The number of nitrogens with zero attached hydrogens (tertiary/aromatic N) is 1. The molecule has 5 heteroatoms. The molecule has 4 nitrogen and oxygen atoms in total. The van der Waals surface area contributed by atoms with Crippen molar-refractivity contribution >= 4 is 9.84 Å². The Kier molecular flexibility index (Phi) is 4.55. The van der Waals surface area contributed by atoms with Crippen LogP contribution in [0.3, 0.4) is 0 Å². The van der Waals surface area contributed by atoms with Crippen LogP contribution in [-0.2, 0) is 9.84 Å². The van der Waals surface area contributed by atoms with Gasteiger partial charge in [-0.05, 0) is 26.9 Å². The Balaban J connectivity index is 2.33. The molecule has 0 spiro atoms. The van der Waals surface area contributed by atoms with Crippen molar-refractivity contribution in [1.82, 2.24) is 10.2 Å². The molecule has 0 aliphatic carbocycles. The highest BCUT2D eigenvalue weighted by Gasteiger charge is 2.22. The SMILES string of the molecule is CCS(=O)(=O)CC(C)NC1CCN(C)C1. The van der Waals surface area contributed by atoms with Gasteiger partial charge in [-0.3, -0.25) is 0 Å². The maximum atomic E-state index is 11.4. The zero-order valence-corrected chi connectivity index (χ0v) is 10.7. The molecule has 90 valence electrons. The van der Waals surface area contributed by atoms with Crippen LogP contribution in [0.5, 0.6) is 0 Å². The molecule has 1 N–H and O–H groups in total. The van der Waals surface area contributed by atoms with E-state index in [0.717, 1.165) is 19.5 Å². The Bertz CT molecular complexity index is 290. The monoisotopic (exact) mass is 234 g/mol. The molecule has 0 saturated carbocycles. The van der Waals surface area contributed by atoms with Crippen molar-refractivity contribution in [3.8, 4) is 0 Å². The van der Waals surface area contributed by atoms with Gasteiger partial charge >= 0.3 is 0 Å². The molecule has 1 fully saturated rings. The minimum absolute atomic E-state index is 0.0615. The van der Waals surface area contributed by atoms with Crippen molar-refractivity contribution in [2.24, 2.45) is 0 Å². The molecule has 2 atom stereocenters. The third-order valence-electron chi connectivity index (χ3n) is 2.86. The van der Waals surface area contributed by atoms with Gasteiger partial charge in [-0.2, -0.15) is 0 Å². The van der Waals surface area contributed by atoms with E-state index in [9.17, 15) is 8.42 Å². The molecule has 0 aromatic carbocycles. The predicted molar refractivity (Wildman–Crippen MR) is 62.8 cm³/mol. The molecular formula is C10H22N2O2S. The summed E-state index contributed by atoms with van der Waals surface area (Å²) in [5.41, 5.74) is 0. The van der Waals surface area contributed by atoms with Crippen LogP contribution in [0.2, 0.25) is 0 Å².